The zero-order chi connectivity index (χ0) is 23.4. The minimum absolute atomic E-state index is 0.0185. The van der Waals surface area contributed by atoms with Crippen LogP contribution in [-0.2, 0) is 20.9 Å². The monoisotopic (exact) mass is 520 g/mol. The quantitative estimate of drug-likeness (QED) is 0.226. The number of nitro benzene ring substituents is 1. The number of esters is 1. The smallest absolute Gasteiger partial charge is 0.328 e. The van der Waals surface area contributed by atoms with E-state index in [1.807, 2.05) is 0 Å². The first-order valence-electron chi connectivity index (χ1n) is 9.22. The molecule has 0 aliphatic carbocycles. The maximum atomic E-state index is 12.7. The summed E-state index contributed by atoms with van der Waals surface area (Å²) in [5.41, 5.74) is 1.24. The molecule has 166 valence electrons. The molecule has 32 heavy (non-hydrogen) atoms. The minimum Gasteiger partial charge on any atom is -0.488 e. The number of ether oxygens (including phenoxy) is 2. The van der Waals surface area contributed by atoms with Gasteiger partial charge in [-0.05, 0) is 60.7 Å². The Kier molecular flexibility index (Phi) is 7.31. The molecular formula is C21H17BrN2O7S. The van der Waals surface area contributed by atoms with Crippen LogP contribution in [0.15, 0.2) is 51.8 Å². The lowest BCUT2D eigenvalue weighted by Crippen LogP contribution is -2.42. The highest BCUT2D eigenvalue weighted by Gasteiger charge is 2.41. The number of hydrogen-bond donors (Lipinski definition) is 0. The summed E-state index contributed by atoms with van der Waals surface area (Å²) in [6.07, 6.45) is 1.52. The fourth-order valence-electron chi connectivity index (χ4n) is 2.87. The van der Waals surface area contributed by atoms with Crippen molar-refractivity contribution in [2.75, 3.05) is 7.11 Å². The average molecular weight is 521 g/mol. The van der Waals surface area contributed by atoms with Crippen LogP contribution in [0.1, 0.15) is 18.1 Å². The van der Waals surface area contributed by atoms with Gasteiger partial charge < -0.3 is 9.47 Å². The molecule has 2 aromatic rings. The van der Waals surface area contributed by atoms with E-state index >= 15 is 0 Å². The third-order valence-corrected chi connectivity index (χ3v) is 5.93. The number of non-ortho nitro benzene ring substituents is 1. The molecule has 2 amide bonds. The Morgan fingerprint density at radius 3 is 2.56 bits per heavy atom. The van der Waals surface area contributed by atoms with Crippen molar-refractivity contribution in [3.63, 3.8) is 0 Å². The molecule has 3 rings (SSSR count). The summed E-state index contributed by atoms with van der Waals surface area (Å²) >= 11 is 4.10. The molecular weight excluding hydrogens is 504 g/mol. The highest BCUT2D eigenvalue weighted by atomic mass is 79.9. The third-order valence-electron chi connectivity index (χ3n) is 4.55. The van der Waals surface area contributed by atoms with Crippen LogP contribution in [0.5, 0.6) is 5.75 Å². The van der Waals surface area contributed by atoms with E-state index in [0.29, 0.717) is 11.3 Å². The fraction of sp³-hybridized carbons (Fsp3) is 0.190. The molecule has 0 N–H and O–H groups in total. The molecule has 1 aliphatic rings. The first kappa shape index (κ1) is 23.5. The van der Waals surface area contributed by atoms with E-state index in [4.69, 9.17) is 4.74 Å². The van der Waals surface area contributed by atoms with E-state index in [9.17, 15) is 24.5 Å². The number of methoxy groups -OCH3 is 1. The Hall–Kier alpha value is -3.18. The lowest BCUT2D eigenvalue weighted by Gasteiger charge is -2.18. The predicted molar refractivity (Wildman–Crippen MR) is 121 cm³/mol. The van der Waals surface area contributed by atoms with E-state index in [2.05, 4.69) is 20.7 Å². The maximum absolute atomic E-state index is 12.7. The topological polar surface area (TPSA) is 116 Å². The van der Waals surface area contributed by atoms with Crippen molar-refractivity contribution in [1.82, 2.24) is 4.90 Å². The van der Waals surface area contributed by atoms with Gasteiger partial charge in [-0.3, -0.25) is 24.6 Å². The summed E-state index contributed by atoms with van der Waals surface area (Å²) in [4.78, 5) is 48.1. The van der Waals surface area contributed by atoms with Crippen LogP contribution in [0, 0.1) is 10.1 Å². The molecule has 0 aromatic heterocycles. The lowest BCUT2D eigenvalue weighted by atomic mass is 10.1. The summed E-state index contributed by atoms with van der Waals surface area (Å²) in [6.45, 7) is 1.56. The highest BCUT2D eigenvalue weighted by molar-refractivity contribution is 9.10. The number of thioether (sulfide) groups is 1. The number of nitrogens with zero attached hydrogens (tertiary/aromatic N) is 2. The molecule has 1 fully saturated rings. The molecule has 0 radical (unpaired) electrons. The average Bonchev–Trinajstić information content (AvgIpc) is 3.05. The predicted octanol–water partition coefficient (Wildman–Crippen LogP) is 4.53. The van der Waals surface area contributed by atoms with Crippen LogP contribution in [0.4, 0.5) is 10.5 Å². The van der Waals surface area contributed by atoms with Crippen LogP contribution in [0.3, 0.4) is 0 Å². The van der Waals surface area contributed by atoms with Crippen LogP contribution < -0.4 is 4.74 Å². The molecule has 1 heterocycles. The van der Waals surface area contributed by atoms with Gasteiger partial charge in [0.15, 0.2) is 0 Å². The number of rotatable bonds is 7. The lowest BCUT2D eigenvalue weighted by molar-refractivity contribution is -0.384. The van der Waals surface area contributed by atoms with Gasteiger partial charge in [-0.25, -0.2) is 4.79 Å². The van der Waals surface area contributed by atoms with Crippen molar-refractivity contribution >= 4 is 56.6 Å². The van der Waals surface area contributed by atoms with Crippen LogP contribution in [0.25, 0.3) is 6.08 Å². The number of amides is 2. The van der Waals surface area contributed by atoms with Crippen LogP contribution >= 0.6 is 27.7 Å². The SMILES string of the molecule is COC(=O)[C@H](C)N1C(=O)S/C(=C/c2cc(Br)ccc2OCc2ccc([N+](=O)[O-])cc2)C1=O. The van der Waals surface area contributed by atoms with Gasteiger partial charge in [0.25, 0.3) is 16.8 Å². The van der Waals surface area contributed by atoms with Gasteiger partial charge in [0.2, 0.25) is 0 Å². The van der Waals surface area contributed by atoms with Crippen molar-refractivity contribution < 1.29 is 28.8 Å². The van der Waals surface area contributed by atoms with Gasteiger partial charge in [0.1, 0.15) is 18.4 Å². The van der Waals surface area contributed by atoms with E-state index < -0.39 is 28.1 Å². The first-order valence-corrected chi connectivity index (χ1v) is 10.8. The molecule has 1 aliphatic heterocycles. The molecule has 2 aromatic carbocycles. The Labute approximate surface area is 195 Å². The summed E-state index contributed by atoms with van der Waals surface area (Å²) in [6, 6.07) is 10.1. The molecule has 1 atom stereocenters. The molecule has 0 spiro atoms. The second kappa shape index (κ2) is 9.96. The third kappa shape index (κ3) is 5.17. The van der Waals surface area contributed by atoms with Crippen molar-refractivity contribution in [3.05, 3.63) is 73.1 Å². The zero-order valence-electron chi connectivity index (χ0n) is 16.9. The Bertz CT molecular complexity index is 1120. The van der Waals surface area contributed by atoms with Gasteiger partial charge >= 0.3 is 5.97 Å². The highest BCUT2D eigenvalue weighted by Crippen LogP contribution is 2.36. The number of carbonyl (C=O) groups excluding carboxylic acids is 3. The molecule has 1 saturated heterocycles. The number of hydrogen-bond acceptors (Lipinski definition) is 8. The number of carbonyl (C=O) groups is 3. The van der Waals surface area contributed by atoms with E-state index in [1.165, 1.54) is 32.2 Å². The second-order valence-corrected chi connectivity index (χ2v) is 8.55. The van der Waals surface area contributed by atoms with Crippen molar-refractivity contribution in [2.45, 2.75) is 19.6 Å². The molecule has 0 saturated carbocycles. The van der Waals surface area contributed by atoms with Crippen molar-refractivity contribution in [2.24, 2.45) is 0 Å². The van der Waals surface area contributed by atoms with Crippen molar-refractivity contribution in [1.29, 1.82) is 0 Å². The Morgan fingerprint density at radius 1 is 1.25 bits per heavy atom. The van der Waals surface area contributed by atoms with E-state index in [-0.39, 0.29) is 17.2 Å². The van der Waals surface area contributed by atoms with E-state index in [0.717, 1.165) is 26.7 Å². The van der Waals surface area contributed by atoms with E-state index in [1.54, 1.807) is 30.3 Å². The standard InChI is InChI=1S/C21H17BrN2O7S/c1-12(20(26)30-2)23-19(25)18(32-21(23)27)10-14-9-15(22)5-8-17(14)31-11-13-3-6-16(7-4-13)24(28)29/h3-10,12H,11H2,1-2H3/b18-10+/t12-/m0/s1. The first-order chi connectivity index (χ1) is 15.2. The van der Waals surface area contributed by atoms with Gasteiger partial charge in [-0.1, -0.05) is 15.9 Å². The summed E-state index contributed by atoms with van der Waals surface area (Å²) < 4.78 is 11.2. The summed E-state index contributed by atoms with van der Waals surface area (Å²) in [7, 11) is 1.18. The Balaban J connectivity index is 1.82. The maximum Gasteiger partial charge on any atom is 0.328 e. The normalized spacial score (nSPS) is 15.7. The van der Waals surface area contributed by atoms with Gasteiger partial charge in [-0.15, -0.1) is 0 Å². The number of imide groups is 1. The van der Waals surface area contributed by atoms with Crippen molar-refractivity contribution in [3.8, 4) is 5.75 Å². The van der Waals surface area contributed by atoms with Gasteiger partial charge in [0.05, 0.1) is 16.9 Å². The Morgan fingerprint density at radius 2 is 1.94 bits per heavy atom. The van der Waals surface area contributed by atoms with Crippen LogP contribution in [-0.4, -0.2) is 40.1 Å². The second-order valence-electron chi connectivity index (χ2n) is 6.65. The zero-order valence-corrected chi connectivity index (χ0v) is 19.3. The molecule has 9 nitrogen and oxygen atoms in total. The largest absolute Gasteiger partial charge is 0.488 e. The number of benzene rings is 2. The van der Waals surface area contributed by atoms with Gasteiger partial charge in [-0.2, -0.15) is 0 Å². The molecule has 0 unspecified atom stereocenters. The number of nitro groups is 1. The minimum atomic E-state index is -1.04. The van der Waals surface area contributed by atoms with Crippen LogP contribution in [0.2, 0.25) is 0 Å². The van der Waals surface area contributed by atoms with Gasteiger partial charge in [0, 0.05) is 22.2 Å². The number of halogens is 1. The fourth-order valence-corrected chi connectivity index (χ4v) is 4.15. The summed E-state index contributed by atoms with van der Waals surface area (Å²) in [5, 5.41) is 10.2. The molecule has 11 heteroatoms. The molecule has 0 bridgehead atoms. The summed E-state index contributed by atoms with van der Waals surface area (Å²) in [5.74, 6) is -0.846.